The predicted octanol–water partition coefficient (Wildman–Crippen LogP) is 3.34. The van der Waals surface area contributed by atoms with Crippen molar-refractivity contribution in [3.05, 3.63) is 59.3 Å². The first-order valence-corrected chi connectivity index (χ1v) is 7.34. The average Bonchev–Trinajstić information content (AvgIpc) is 3.13. The molecule has 1 N–H and O–H groups in total. The van der Waals surface area contributed by atoms with Crippen molar-refractivity contribution in [3.8, 4) is 0 Å². The largest absolute Gasteiger partial charge is 0.478 e. The lowest BCUT2D eigenvalue weighted by Crippen LogP contribution is -2.30. The van der Waals surface area contributed by atoms with Gasteiger partial charge in [-0.05, 0) is 30.0 Å². The van der Waals surface area contributed by atoms with Crippen LogP contribution in [0, 0.1) is 11.7 Å². The fourth-order valence-corrected chi connectivity index (χ4v) is 3.00. The van der Waals surface area contributed by atoms with E-state index < -0.39 is 5.97 Å². The van der Waals surface area contributed by atoms with E-state index in [4.69, 9.17) is 9.52 Å². The number of furan rings is 1. The number of amides is 1. The van der Waals surface area contributed by atoms with Gasteiger partial charge in [0.1, 0.15) is 12.1 Å². The topological polar surface area (TPSA) is 70.8 Å². The molecule has 0 saturated carbocycles. The van der Waals surface area contributed by atoms with Crippen LogP contribution in [-0.4, -0.2) is 28.4 Å². The van der Waals surface area contributed by atoms with Crippen LogP contribution < -0.4 is 0 Å². The quantitative estimate of drug-likeness (QED) is 0.942. The number of aromatic carboxylic acids is 1. The number of halogens is 1. The van der Waals surface area contributed by atoms with Gasteiger partial charge in [0.05, 0.1) is 11.6 Å². The minimum Gasteiger partial charge on any atom is -0.478 e. The van der Waals surface area contributed by atoms with Crippen molar-refractivity contribution >= 4 is 11.9 Å². The van der Waals surface area contributed by atoms with Crippen LogP contribution in [0.15, 0.2) is 41.0 Å². The third-order valence-corrected chi connectivity index (χ3v) is 4.06. The highest BCUT2D eigenvalue weighted by atomic mass is 19.1. The number of hydrogen-bond acceptors (Lipinski definition) is 3. The molecule has 1 aliphatic rings. The van der Waals surface area contributed by atoms with Gasteiger partial charge in [-0.25, -0.2) is 9.18 Å². The van der Waals surface area contributed by atoms with Crippen LogP contribution in [0.2, 0.25) is 0 Å². The molecule has 0 radical (unpaired) electrons. The van der Waals surface area contributed by atoms with Gasteiger partial charge in [-0.1, -0.05) is 19.1 Å². The number of likely N-dealkylation sites (tertiary alicyclic amines) is 1. The van der Waals surface area contributed by atoms with E-state index in [2.05, 4.69) is 0 Å². The van der Waals surface area contributed by atoms with Gasteiger partial charge in [0, 0.05) is 12.6 Å². The van der Waals surface area contributed by atoms with E-state index in [0.29, 0.717) is 6.54 Å². The molecule has 1 aromatic carbocycles. The highest BCUT2D eigenvalue weighted by Crippen LogP contribution is 2.36. The second kappa shape index (κ2) is 5.87. The number of benzene rings is 1. The number of carboxylic acid groups (broad SMARTS) is 1. The second-order valence-electron chi connectivity index (χ2n) is 5.87. The molecule has 1 aromatic heterocycles. The summed E-state index contributed by atoms with van der Waals surface area (Å²) in [4.78, 5) is 25.2. The van der Waals surface area contributed by atoms with Crippen molar-refractivity contribution in [2.24, 2.45) is 5.92 Å². The molecule has 1 aliphatic heterocycles. The Morgan fingerprint density at radius 3 is 2.78 bits per heavy atom. The summed E-state index contributed by atoms with van der Waals surface area (Å²) in [5, 5.41) is 8.92. The van der Waals surface area contributed by atoms with Crippen molar-refractivity contribution < 1.29 is 23.5 Å². The lowest BCUT2D eigenvalue weighted by molar-refractivity contribution is 0.0689. The van der Waals surface area contributed by atoms with Crippen LogP contribution >= 0.6 is 0 Å². The van der Waals surface area contributed by atoms with E-state index in [-0.39, 0.29) is 35.0 Å². The molecule has 2 heterocycles. The van der Waals surface area contributed by atoms with Gasteiger partial charge in [-0.2, -0.15) is 0 Å². The lowest BCUT2D eigenvalue weighted by atomic mass is 10.0. The molecule has 1 amide bonds. The molecule has 1 saturated heterocycles. The standard InChI is InChI=1S/C17H16FNO4/c1-10-5-14(11-3-2-4-13(18)6-11)19(8-10)16(20)15-7-12(9-23-15)17(21)22/h2-4,6-7,9-10,14H,5,8H2,1H3,(H,21,22). The van der Waals surface area contributed by atoms with Gasteiger partial charge >= 0.3 is 5.97 Å². The molecule has 0 bridgehead atoms. The first kappa shape index (κ1) is 15.3. The van der Waals surface area contributed by atoms with Crippen molar-refractivity contribution in [2.45, 2.75) is 19.4 Å². The number of rotatable bonds is 3. The van der Waals surface area contributed by atoms with Crippen LogP contribution in [0.3, 0.4) is 0 Å². The van der Waals surface area contributed by atoms with Gasteiger partial charge in [-0.3, -0.25) is 4.79 Å². The maximum atomic E-state index is 13.5. The summed E-state index contributed by atoms with van der Waals surface area (Å²) in [5.74, 6) is -1.62. The molecule has 3 rings (SSSR count). The first-order valence-electron chi connectivity index (χ1n) is 7.34. The van der Waals surface area contributed by atoms with Gasteiger partial charge in [0.15, 0.2) is 5.76 Å². The van der Waals surface area contributed by atoms with Gasteiger partial charge in [0.25, 0.3) is 5.91 Å². The smallest absolute Gasteiger partial charge is 0.338 e. The first-order chi connectivity index (χ1) is 11.0. The fraction of sp³-hybridized carbons (Fsp3) is 0.294. The summed E-state index contributed by atoms with van der Waals surface area (Å²) >= 11 is 0. The minimum absolute atomic E-state index is 0.0158. The van der Waals surface area contributed by atoms with Gasteiger partial charge in [-0.15, -0.1) is 0 Å². The average molecular weight is 317 g/mol. The predicted molar refractivity (Wildman–Crippen MR) is 79.6 cm³/mol. The van der Waals surface area contributed by atoms with E-state index in [9.17, 15) is 14.0 Å². The van der Waals surface area contributed by atoms with Crippen molar-refractivity contribution in [2.75, 3.05) is 6.54 Å². The molecule has 2 aromatic rings. The Morgan fingerprint density at radius 2 is 2.13 bits per heavy atom. The molecule has 5 nitrogen and oxygen atoms in total. The number of carboxylic acids is 1. The van der Waals surface area contributed by atoms with Gasteiger partial charge in [0.2, 0.25) is 0 Å². The third kappa shape index (κ3) is 2.97. The number of carbonyl (C=O) groups is 2. The zero-order chi connectivity index (χ0) is 16.6. The minimum atomic E-state index is -1.15. The zero-order valence-corrected chi connectivity index (χ0v) is 12.5. The van der Waals surface area contributed by atoms with Gasteiger partial charge < -0.3 is 14.4 Å². The monoisotopic (exact) mass is 317 g/mol. The van der Waals surface area contributed by atoms with E-state index in [1.807, 2.05) is 6.92 Å². The summed E-state index contributed by atoms with van der Waals surface area (Å²) < 4.78 is 18.6. The summed E-state index contributed by atoms with van der Waals surface area (Å²) in [6, 6.07) is 7.17. The second-order valence-corrected chi connectivity index (χ2v) is 5.87. The van der Waals surface area contributed by atoms with Crippen LogP contribution in [0.5, 0.6) is 0 Å². The Bertz CT molecular complexity index is 755. The summed E-state index contributed by atoms with van der Waals surface area (Å²) in [6.45, 7) is 2.54. The Hall–Kier alpha value is -2.63. The highest BCUT2D eigenvalue weighted by molar-refractivity contribution is 5.95. The summed E-state index contributed by atoms with van der Waals surface area (Å²) in [5.41, 5.74) is 0.663. The van der Waals surface area contributed by atoms with Crippen LogP contribution in [0.25, 0.3) is 0 Å². The molecular formula is C17H16FNO4. The van der Waals surface area contributed by atoms with Crippen LogP contribution in [0.4, 0.5) is 4.39 Å². The zero-order valence-electron chi connectivity index (χ0n) is 12.5. The molecule has 120 valence electrons. The summed E-state index contributed by atoms with van der Waals surface area (Å²) in [6.07, 6.45) is 1.77. The van der Waals surface area contributed by atoms with E-state index in [1.54, 1.807) is 17.0 Å². The number of carbonyl (C=O) groups excluding carboxylic acids is 1. The SMILES string of the molecule is CC1CC(c2cccc(F)c2)N(C(=O)c2cc(C(=O)O)co2)C1. The maximum Gasteiger partial charge on any atom is 0.338 e. The van der Waals surface area contributed by atoms with E-state index >= 15 is 0 Å². The Morgan fingerprint density at radius 1 is 1.35 bits per heavy atom. The van der Waals surface area contributed by atoms with E-state index in [0.717, 1.165) is 18.2 Å². The van der Waals surface area contributed by atoms with Crippen LogP contribution in [0.1, 0.15) is 45.9 Å². The number of hydrogen-bond donors (Lipinski definition) is 1. The van der Waals surface area contributed by atoms with Crippen molar-refractivity contribution in [3.63, 3.8) is 0 Å². The molecular weight excluding hydrogens is 301 g/mol. The third-order valence-electron chi connectivity index (χ3n) is 4.06. The highest BCUT2D eigenvalue weighted by Gasteiger charge is 2.36. The normalized spacial score (nSPS) is 20.7. The molecule has 6 heteroatoms. The lowest BCUT2D eigenvalue weighted by Gasteiger charge is -2.24. The Labute approximate surface area is 132 Å². The van der Waals surface area contributed by atoms with E-state index in [1.165, 1.54) is 18.2 Å². The van der Waals surface area contributed by atoms with Crippen molar-refractivity contribution in [1.29, 1.82) is 0 Å². The summed E-state index contributed by atoms with van der Waals surface area (Å²) in [7, 11) is 0. The molecule has 23 heavy (non-hydrogen) atoms. The Kier molecular flexibility index (Phi) is 3.90. The Balaban J connectivity index is 1.89. The fourth-order valence-electron chi connectivity index (χ4n) is 3.00. The molecule has 1 fully saturated rings. The van der Waals surface area contributed by atoms with Crippen molar-refractivity contribution in [1.82, 2.24) is 4.90 Å². The molecule has 0 aliphatic carbocycles. The molecule has 2 unspecified atom stereocenters. The molecule has 0 spiro atoms. The van der Waals surface area contributed by atoms with Crippen LogP contribution in [-0.2, 0) is 0 Å². The molecule has 2 atom stereocenters. The maximum absolute atomic E-state index is 13.5. The number of nitrogens with zero attached hydrogens (tertiary/aromatic N) is 1.